The van der Waals surface area contributed by atoms with E-state index >= 15 is 0 Å². The van der Waals surface area contributed by atoms with Crippen molar-refractivity contribution < 1.29 is 24.0 Å². The Balaban J connectivity index is 0.00000162. The van der Waals surface area contributed by atoms with Crippen LogP contribution in [0.1, 0.15) is 5.56 Å². The third kappa shape index (κ3) is 3.26. The molecule has 5 nitrogen and oxygen atoms in total. The van der Waals surface area contributed by atoms with Gasteiger partial charge in [0.1, 0.15) is 11.5 Å². The zero-order chi connectivity index (χ0) is 12.6. The molecule has 92 valence electrons. The van der Waals surface area contributed by atoms with Crippen LogP contribution in [0, 0.1) is 6.92 Å². The number of aryl methyl sites for hydroxylation is 1. The van der Waals surface area contributed by atoms with Crippen molar-refractivity contribution in [2.24, 2.45) is 0 Å². The van der Waals surface area contributed by atoms with Crippen LogP contribution in [-0.2, 0) is 4.57 Å². The van der Waals surface area contributed by atoms with Crippen LogP contribution in [0.4, 0.5) is 0 Å². The Hall–Kier alpha value is -0.550. The molecule has 0 saturated carbocycles. The molecule has 0 aliphatic carbocycles. The molecular formula is C11H12NaO5P. The molecule has 2 aromatic rings. The maximum absolute atomic E-state index is 10.9. The summed E-state index contributed by atoms with van der Waals surface area (Å²) in [5.41, 5.74) is 0.463. The minimum absolute atomic E-state index is 0. The molecule has 0 amide bonds. The number of phenolic OH excluding ortho intramolecular Hbond substituents is 1. The van der Waals surface area contributed by atoms with E-state index in [4.69, 9.17) is 9.79 Å². The van der Waals surface area contributed by atoms with Crippen molar-refractivity contribution in [2.75, 3.05) is 0 Å². The second-order valence-electron chi connectivity index (χ2n) is 3.67. The molecular weight excluding hydrogens is 266 g/mol. The van der Waals surface area contributed by atoms with E-state index in [2.05, 4.69) is 4.52 Å². The molecule has 0 aliphatic rings. The Labute approximate surface area is 126 Å². The van der Waals surface area contributed by atoms with E-state index < -0.39 is 7.82 Å². The molecule has 0 unspecified atom stereocenters. The van der Waals surface area contributed by atoms with E-state index in [9.17, 15) is 9.67 Å². The van der Waals surface area contributed by atoms with Crippen LogP contribution in [0.5, 0.6) is 11.5 Å². The average Bonchev–Trinajstić information content (AvgIpc) is 2.23. The summed E-state index contributed by atoms with van der Waals surface area (Å²) >= 11 is 0. The van der Waals surface area contributed by atoms with Gasteiger partial charge in [-0.05, 0) is 18.6 Å². The Kier molecular flexibility index (Phi) is 4.84. The van der Waals surface area contributed by atoms with Gasteiger partial charge in [-0.2, -0.15) is 0 Å². The Bertz CT molecular complexity index is 622. The molecule has 0 spiro atoms. The van der Waals surface area contributed by atoms with Crippen LogP contribution in [0.2, 0.25) is 0 Å². The molecule has 0 bridgehead atoms. The second-order valence-corrected chi connectivity index (χ2v) is 4.83. The summed E-state index contributed by atoms with van der Waals surface area (Å²) in [6.07, 6.45) is 0. The monoisotopic (exact) mass is 278 g/mol. The predicted octanol–water partition coefficient (Wildman–Crippen LogP) is 1.68. The third-order valence-corrected chi connectivity index (χ3v) is 2.79. The topological polar surface area (TPSA) is 87.0 Å². The zero-order valence-electron chi connectivity index (χ0n) is 8.99. The number of fused-ring (bicyclic) bond motifs is 1. The third-order valence-electron chi connectivity index (χ3n) is 2.37. The van der Waals surface area contributed by atoms with Gasteiger partial charge in [0.05, 0.1) is 0 Å². The number of phosphoric ester groups is 1. The summed E-state index contributed by atoms with van der Waals surface area (Å²) in [4.78, 5) is 17.7. The summed E-state index contributed by atoms with van der Waals surface area (Å²) < 4.78 is 15.5. The summed E-state index contributed by atoms with van der Waals surface area (Å²) in [5, 5.41) is 10.7. The van der Waals surface area contributed by atoms with Gasteiger partial charge in [0, 0.05) is 10.8 Å². The van der Waals surface area contributed by atoms with Gasteiger partial charge in [0.25, 0.3) is 0 Å². The normalized spacial score (nSPS) is 11.1. The second kappa shape index (κ2) is 5.61. The summed E-state index contributed by atoms with van der Waals surface area (Å²) in [6.45, 7) is 1.61. The minimum atomic E-state index is -4.62. The number of rotatable bonds is 2. The van der Waals surface area contributed by atoms with Crippen molar-refractivity contribution >= 4 is 48.2 Å². The Morgan fingerprint density at radius 2 is 1.72 bits per heavy atom. The van der Waals surface area contributed by atoms with Crippen LogP contribution >= 0.6 is 7.82 Å². The quantitative estimate of drug-likeness (QED) is 0.574. The van der Waals surface area contributed by atoms with Gasteiger partial charge in [-0.3, -0.25) is 9.79 Å². The van der Waals surface area contributed by atoms with Crippen LogP contribution in [0.15, 0.2) is 30.3 Å². The first-order chi connectivity index (χ1) is 7.88. The fraction of sp³-hybridized carbons (Fsp3) is 0.0909. The van der Waals surface area contributed by atoms with Crippen LogP contribution in [0.3, 0.4) is 0 Å². The molecule has 0 heterocycles. The molecule has 2 rings (SSSR count). The number of benzene rings is 2. The zero-order valence-corrected chi connectivity index (χ0v) is 9.89. The average molecular weight is 278 g/mol. The van der Waals surface area contributed by atoms with E-state index in [-0.39, 0.29) is 41.1 Å². The molecule has 0 aromatic heterocycles. The van der Waals surface area contributed by atoms with Crippen molar-refractivity contribution in [3.63, 3.8) is 0 Å². The van der Waals surface area contributed by atoms with Gasteiger partial charge < -0.3 is 9.63 Å². The molecule has 3 N–H and O–H groups in total. The van der Waals surface area contributed by atoms with E-state index in [0.29, 0.717) is 16.3 Å². The molecule has 0 atom stereocenters. The number of hydrogen-bond donors (Lipinski definition) is 3. The SMILES string of the molecule is Cc1cc(O)c2ccccc2c1OP(=O)(O)O.[NaH]. The van der Waals surface area contributed by atoms with Crippen molar-refractivity contribution in [1.82, 2.24) is 0 Å². The van der Waals surface area contributed by atoms with Gasteiger partial charge in [-0.1, -0.05) is 24.3 Å². The molecule has 0 saturated heterocycles. The molecule has 0 aliphatic heterocycles. The van der Waals surface area contributed by atoms with E-state index in [1.165, 1.54) is 6.07 Å². The summed E-state index contributed by atoms with van der Waals surface area (Å²) in [6, 6.07) is 8.11. The van der Waals surface area contributed by atoms with Crippen molar-refractivity contribution in [1.29, 1.82) is 0 Å². The fourth-order valence-corrected chi connectivity index (χ4v) is 2.19. The number of aromatic hydroxyl groups is 1. The first-order valence-corrected chi connectivity index (χ1v) is 6.38. The molecule has 7 heteroatoms. The number of phosphoric acid groups is 1. The number of hydrogen-bond acceptors (Lipinski definition) is 3. The molecule has 2 aromatic carbocycles. The van der Waals surface area contributed by atoms with Crippen molar-refractivity contribution in [2.45, 2.75) is 6.92 Å². The summed E-state index contributed by atoms with van der Waals surface area (Å²) in [5.74, 6) is 0.142. The first kappa shape index (κ1) is 15.5. The van der Waals surface area contributed by atoms with E-state index in [1.807, 2.05) is 0 Å². The van der Waals surface area contributed by atoms with Gasteiger partial charge in [-0.25, -0.2) is 4.57 Å². The van der Waals surface area contributed by atoms with Crippen molar-refractivity contribution in [3.05, 3.63) is 35.9 Å². The van der Waals surface area contributed by atoms with Crippen molar-refractivity contribution in [3.8, 4) is 11.5 Å². The fourth-order valence-electron chi connectivity index (χ4n) is 1.71. The van der Waals surface area contributed by atoms with E-state index in [1.54, 1.807) is 31.2 Å². The molecule has 18 heavy (non-hydrogen) atoms. The first-order valence-electron chi connectivity index (χ1n) is 4.85. The van der Waals surface area contributed by atoms with Gasteiger partial charge in [-0.15, -0.1) is 0 Å². The van der Waals surface area contributed by atoms with E-state index in [0.717, 1.165) is 0 Å². The standard InChI is InChI=1S/C11H11O5P.Na.H/c1-7-6-10(12)8-4-2-3-5-9(8)11(7)16-17(13,14)15;;/h2-6,12H,1H3,(H2,13,14,15);;. The predicted molar refractivity (Wildman–Crippen MR) is 70.2 cm³/mol. The molecule has 0 radical (unpaired) electrons. The van der Waals surface area contributed by atoms with Crippen LogP contribution in [0.25, 0.3) is 10.8 Å². The van der Waals surface area contributed by atoms with Crippen LogP contribution < -0.4 is 4.52 Å². The Morgan fingerprint density at radius 1 is 1.17 bits per heavy atom. The van der Waals surface area contributed by atoms with Gasteiger partial charge >= 0.3 is 37.4 Å². The summed E-state index contributed by atoms with van der Waals surface area (Å²) in [7, 11) is -4.62. The van der Waals surface area contributed by atoms with Gasteiger partial charge in [0.2, 0.25) is 0 Å². The Morgan fingerprint density at radius 3 is 2.28 bits per heavy atom. The number of phenols is 1. The van der Waals surface area contributed by atoms with Gasteiger partial charge in [0.15, 0.2) is 0 Å². The molecule has 0 fully saturated rings. The maximum atomic E-state index is 10.9. The van der Waals surface area contributed by atoms with Crippen LogP contribution in [-0.4, -0.2) is 44.5 Å².